The van der Waals surface area contributed by atoms with Gasteiger partial charge < -0.3 is 0 Å². The van der Waals surface area contributed by atoms with Crippen LogP contribution in [0, 0.1) is 0 Å². The van der Waals surface area contributed by atoms with Crippen molar-refractivity contribution in [1.82, 2.24) is 10.3 Å². The van der Waals surface area contributed by atoms with Crippen LogP contribution in [-0.4, -0.2) is 41.9 Å². The highest BCUT2D eigenvalue weighted by molar-refractivity contribution is 7.98. The van der Waals surface area contributed by atoms with Crippen molar-refractivity contribution in [2.75, 3.05) is 19.1 Å². The molecule has 90 valence electrons. The molecule has 0 aliphatic heterocycles. The molecule has 5 heteroatoms. The van der Waals surface area contributed by atoms with E-state index in [4.69, 9.17) is 5.84 Å². The number of nitrogens with one attached hydrogen (secondary N) is 1. The van der Waals surface area contributed by atoms with E-state index < -0.39 is 0 Å². The Morgan fingerprint density at radius 2 is 2.20 bits per heavy atom. The molecule has 0 aliphatic rings. The summed E-state index contributed by atoms with van der Waals surface area (Å²) in [4.78, 5) is 13.4. The number of hydrazine groups is 1. The largest absolute Gasteiger partial charge is 0.299 e. The summed E-state index contributed by atoms with van der Waals surface area (Å²) in [5, 5.41) is 0. The van der Waals surface area contributed by atoms with Crippen molar-refractivity contribution in [3.05, 3.63) is 0 Å². The fourth-order valence-electron chi connectivity index (χ4n) is 1.55. The van der Waals surface area contributed by atoms with E-state index in [9.17, 15) is 4.79 Å². The highest BCUT2D eigenvalue weighted by Gasteiger charge is 2.19. The second kappa shape index (κ2) is 7.96. The van der Waals surface area contributed by atoms with Crippen molar-refractivity contribution in [3.8, 4) is 0 Å². The van der Waals surface area contributed by atoms with Gasteiger partial charge in [0.15, 0.2) is 0 Å². The summed E-state index contributed by atoms with van der Waals surface area (Å²) in [7, 11) is 2.07. The molecule has 0 fully saturated rings. The number of nitrogens with zero attached hydrogens (tertiary/aromatic N) is 1. The van der Waals surface area contributed by atoms with E-state index in [2.05, 4.69) is 37.5 Å². The van der Waals surface area contributed by atoms with Crippen molar-refractivity contribution in [2.24, 2.45) is 5.84 Å². The van der Waals surface area contributed by atoms with Crippen LogP contribution in [0.3, 0.4) is 0 Å². The van der Waals surface area contributed by atoms with Crippen LogP contribution in [0.15, 0.2) is 0 Å². The SMILES string of the molecule is CCC(CSC)N(C)C(C)CC(=O)NN. The van der Waals surface area contributed by atoms with Crippen molar-refractivity contribution in [1.29, 1.82) is 0 Å². The van der Waals surface area contributed by atoms with Crippen molar-refractivity contribution in [3.63, 3.8) is 0 Å². The van der Waals surface area contributed by atoms with Crippen LogP contribution in [-0.2, 0) is 4.79 Å². The van der Waals surface area contributed by atoms with Gasteiger partial charge in [-0.3, -0.25) is 15.1 Å². The first-order valence-corrected chi connectivity index (χ1v) is 6.66. The minimum absolute atomic E-state index is 0.103. The van der Waals surface area contributed by atoms with Crippen LogP contribution in [0.1, 0.15) is 26.7 Å². The van der Waals surface area contributed by atoms with Gasteiger partial charge in [0.2, 0.25) is 5.91 Å². The first-order chi connectivity index (χ1) is 7.06. The second-order valence-corrected chi connectivity index (χ2v) is 4.71. The van der Waals surface area contributed by atoms with Crippen LogP contribution in [0.5, 0.6) is 0 Å². The summed E-state index contributed by atoms with van der Waals surface area (Å²) < 4.78 is 0. The zero-order valence-corrected chi connectivity index (χ0v) is 10.9. The molecular weight excluding hydrogens is 210 g/mol. The number of rotatable bonds is 7. The molecule has 0 rings (SSSR count). The van der Waals surface area contributed by atoms with Gasteiger partial charge in [0.05, 0.1) is 0 Å². The van der Waals surface area contributed by atoms with E-state index in [-0.39, 0.29) is 11.9 Å². The molecule has 0 aliphatic carbocycles. The lowest BCUT2D eigenvalue weighted by Gasteiger charge is -2.31. The zero-order chi connectivity index (χ0) is 11.8. The van der Waals surface area contributed by atoms with Gasteiger partial charge >= 0.3 is 0 Å². The first-order valence-electron chi connectivity index (χ1n) is 5.27. The molecule has 1 amide bonds. The summed E-state index contributed by atoms with van der Waals surface area (Å²) in [5.74, 6) is 6.06. The average molecular weight is 233 g/mol. The lowest BCUT2D eigenvalue weighted by atomic mass is 10.1. The zero-order valence-electron chi connectivity index (χ0n) is 10.1. The molecule has 0 bridgehead atoms. The van der Waals surface area contributed by atoms with E-state index >= 15 is 0 Å². The molecule has 3 N–H and O–H groups in total. The third-order valence-corrected chi connectivity index (χ3v) is 3.46. The first kappa shape index (κ1) is 14.7. The van der Waals surface area contributed by atoms with Gasteiger partial charge in [-0.15, -0.1) is 0 Å². The Morgan fingerprint density at radius 3 is 2.60 bits per heavy atom. The summed E-state index contributed by atoms with van der Waals surface area (Å²) in [6, 6.07) is 0.756. The molecule has 15 heavy (non-hydrogen) atoms. The van der Waals surface area contributed by atoms with Gasteiger partial charge in [0.25, 0.3) is 0 Å². The maximum absolute atomic E-state index is 11.1. The summed E-state index contributed by atoms with van der Waals surface area (Å²) in [5.41, 5.74) is 2.17. The average Bonchev–Trinajstić information content (AvgIpc) is 2.24. The minimum atomic E-state index is -0.103. The molecule has 0 heterocycles. The van der Waals surface area contributed by atoms with Crippen LogP contribution in [0.25, 0.3) is 0 Å². The summed E-state index contributed by atoms with van der Waals surface area (Å²) >= 11 is 1.84. The Bertz CT molecular complexity index is 190. The Labute approximate surface area is 96.9 Å². The standard InChI is InChI=1S/C10H23N3OS/c1-5-9(7-15-4)13(3)8(2)6-10(14)12-11/h8-9H,5-7,11H2,1-4H3,(H,12,14). The van der Waals surface area contributed by atoms with Crippen LogP contribution >= 0.6 is 11.8 Å². The Hall–Kier alpha value is -0.260. The van der Waals surface area contributed by atoms with Crippen molar-refractivity contribution >= 4 is 17.7 Å². The molecule has 2 atom stereocenters. The normalized spacial score (nSPS) is 15.1. The Kier molecular flexibility index (Phi) is 7.82. The molecule has 0 aromatic rings. The van der Waals surface area contributed by atoms with Crippen LogP contribution in [0.2, 0.25) is 0 Å². The number of hydrogen-bond donors (Lipinski definition) is 2. The fourth-order valence-corrected chi connectivity index (χ4v) is 2.40. The number of carbonyl (C=O) groups is 1. The Morgan fingerprint density at radius 1 is 1.60 bits per heavy atom. The maximum atomic E-state index is 11.1. The predicted molar refractivity (Wildman–Crippen MR) is 66.6 cm³/mol. The Balaban J connectivity index is 4.14. The van der Waals surface area contributed by atoms with Gasteiger partial charge in [0, 0.05) is 24.3 Å². The lowest BCUT2D eigenvalue weighted by molar-refractivity contribution is -0.122. The highest BCUT2D eigenvalue weighted by Crippen LogP contribution is 2.13. The summed E-state index contributed by atoms with van der Waals surface area (Å²) in [6.07, 6.45) is 3.66. The number of thioether (sulfide) groups is 1. The molecule has 2 unspecified atom stereocenters. The third kappa shape index (κ3) is 5.39. The molecule has 0 aromatic heterocycles. The fraction of sp³-hybridized carbons (Fsp3) is 0.900. The predicted octanol–water partition coefficient (Wildman–Crippen LogP) is 0.828. The van der Waals surface area contributed by atoms with Gasteiger partial charge in [0.1, 0.15) is 0 Å². The summed E-state index contributed by atoms with van der Waals surface area (Å²) in [6.45, 7) is 4.23. The van der Waals surface area contributed by atoms with E-state index in [1.54, 1.807) is 0 Å². The van der Waals surface area contributed by atoms with Crippen LogP contribution in [0.4, 0.5) is 0 Å². The van der Waals surface area contributed by atoms with Crippen LogP contribution < -0.4 is 11.3 Å². The topological polar surface area (TPSA) is 58.4 Å². The second-order valence-electron chi connectivity index (χ2n) is 3.80. The van der Waals surface area contributed by atoms with E-state index in [0.29, 0.717) is 12.5 Å². The van der Waals surface area contributed by atoms with E-state index in [1.807, 2.05) is 11.8 Å². The molecule has 0 spiro atoms. The maximum Gasteiger partial charge on any atom is 0.235 e. The molecule has 0 aromatic carbocycles. The number of nitrogens with two attached hydrogens (primary N) is 1. The smallest absolute Gasteiger partial charge is 0.235 e. The van der Waals surface area contributed by atoms with Crippen molar-refractivity contribution < 1.29 is 4.79 Å². The third-order valence-electron chi connectivity index (χ3n) is 2.74. The molecular formula is C10H23N3OS. The monoisotopic (exact) mass is 233 g/mol. The van der Waals surface area contributed by atoms with Crippen molar-refractivity contribution in [2.45, 2.75) is 38.8 Å². The number of carbonyl (C=O) groups excluding carboxylic acids is 1. The number of amides is 1. The molecule has 0 saturated heterocycles. The van der Waals surface area contributed by atoms with Gasteiger partial charge in [-0.05, 0) is 26.6 Å². The molecule has 0 radical (unpaired) electrons. The molecule has 0 saturated carbocycles. The number of hydrogen-bond acceptors (Lipinski definition) is 4. The minimum Gasteiger partial charge on any atom is -0.299 e. The van der Waals surface area contributed by atoms with E-state index in [1.165, 1.54) is 0 Å². The quantitative estimate of drug-likeness (QED) is 0.388. The van der Waals surface area contributed by atoms with Gasteiger partial charge in [-0.1, -0.05) is 6.92 Å². The highest BCUT2D eigenvalue weighted by atomic mass is 32.2. The van der Waals surface area contributed by atoms with Gasteiger partial charge in [-0.25, -0.2) is 5.84 Å². The van der Waals surface area contributed by atoms with Gasteiger partial charge in [-0.2, -0.15) is 11.8 Å². The van der Waals surface area contributed by atoms with E-state index in [0.717, 1.165) is 12.2 Å². The molecule has 4 nitrogen and oxygen atoms in total. The lowest BCUT2D eigenvalue weighted by Crippen LogP contribution is -2.43.